The molecule has 0 aromatic carbocycles. The first-order valence-electron chi connectivity index (χ1n) is 5.00. The monoisotopic (exact) mass is 196 g/mol. The molecule has 0 radical (unpaired) electrons. The summed E-state index contributed by atoms with van der Waals surface area (Å²) in [5, 5.41) is 0. The summed E-state index contributed by atoms with van der Waals surface area (Å²) in [5.41, 5.74) is 0. The Balaban J connectivity index is 2.01. The van der Waals surface area contributed by atoms with Gasteiger partial charge in [-0.1, -0.05) is 0 Å². The third kappa shape index (κ3) is 1.93. The fraction of sp³-hybridized carbons (Fsp3) is 0.818. The maximum atomic E-state index is 5.77. The standard InChI is InChI=1S/C11H16O3/c1-4-8-5-9-10(12-6-8)7-13-11(2,3)14-9/h1,8-10H,5-7H2,2-3H3/t8-,9-,10-/m0/s1. The molecule has 0 saturated carbocycles. The molecule has 3 heteroatoms. The molecule has 78 valence electrons. The van der Waals surface area contributed by atoms with E-state index in [1.165, 1.54) is 0 Å². The maximum Gasteiger partial charge on any atom is 0.163 e. The molecule has 2 aliphatic rings. The van der Waals surface area contributed by atoms with Gasteiger partial charge in [-0.05, 0) is 20.3 Å². The first-order valence-corrected chi connectivity index (χ1v) is 5.00. The summed E-state index contributed by atoms with van der Waals surface area (Å²) in [5.74, 6) is 2.40. The van der Waals surface area contributed by atoms with Crippen molar-refractivity contribution in [3.05, 3.63) is 0 Å². The number of terminal acetylenes is 1. The van der Waals surface area contributed by atoms with Gasteiger partial charge in [0.2, 0.25) is 0 Å². The van der Waals surface area contributed by atoms with Crippen LogP contribution in [0.1, 0.15) is 20.3 Å². The Labute approximate surface area is 84.7 Å². The molecule has 2 heterocycles. The lowest BCUT2D eigenvalue weighted by atomic mass is 9.95. The van der Waals surface area contributed by atoms with E-state index in [1.54, 1.807) is 0 Å². The van der Waals surface area contributed by atoms with Gasteiger partial charge in [-0.2, -0.15) is 0 Å². The van der Waals surface area contributed by atoms with Crippen LogP contribution in [0.4, 0.5) is 0 Å². The first-order chi connectivity index (χ1) is 6.61. The summed E-state index contributed by atoms with van der Waals surface area (Å²) >= 11 is 0. The van der Waals surface area contributed by atoms with Gasteiger partial charge in [0.15, 0.2) is 5.79 Å². The quantitative estimate of drug-likeness (QED) is 0.544. The van der Waals surface area contributed by atoms with Crippen LogP contribution in [-0.2, 0) is 14.2 Å². The maximum absolute atomic E-state index is 5.77. The van der Waals surface area contributed by atoms with Crippen LogP contribution in [-0.4, -0.2) is 31.2 Å². The van der Waals surface area contributed by atoms with E-state index in [9.17, 15) is 0 Å². The molecule has 0 amide bonds. The van der Waals surface area contributed by atoms with E-state index in [2.05, 4.69) is 5.92 Å². The second-order valence-electron chi connectivity index (χ2n) is 4.34. The van der Waals surface area contributed by atoms with Crippen LogP contribution in [0, 0.1) is 18.3 Å². The lowest BCUT2D eigenvalue weighted by Gasteiger charge is -2.44. The van der Waals surface area contributed by atoms with E-state index >= 15 is 0 Å². The molecule has 3 nitrogen and oxygen atoms in total. The van der Waals surface area contributed by atoms with Crippen molar-refractivity contribution < 1.29 is 14.2 Å². The van der Waals surface area contributed by atoms with Crippen molar-refractivity contribution in [1.82, 2.24) is 0 Å². The van der Waals surface area contributed by atoms with Crippen LogP contribution in [0.25, 0.3) is 0 Å². The highest BCUT2D eigenvalue weighted by atomic mass is 16.7. The number of ether oxygens (including phenoxy) is 3. The SMILES string of the molecule is C#C[C@@H]1CO[C@H]2COC(C)(C)O[C@H]2C1. The van der Waals surface area contributed by atoms with Gasteiger partial charge in [0.05, 0.1) is 19.3 Å². The molecule has 2 rings (SSSR count). The molecule has 2 fully saturated rings. The van der Waals surface area contributed by atoms with Crippen molar-refractivity contribution in [2.24, 2.45) is 5.92 Å². The van der Waals surface area contributed by atoms with Crippen LogP contribution in [0.15, 0.2) is 0 Å². The average molecular weight is 196 g/mol. The van der Waals surface area contributed by atoms with Crippen LogP contribution in [0.5, 0.6) is 0 Å². The van der Waals surface area contributed by atoms with E-state index in [0.717, 1.165) is 6.42 Å². The largest absolute Gasteiger partial charge is 0.372 e. The second kappa shape index (κ2) is 3.54. The van der Waals surface area contributed by atoms with Gasteiger partial charge in [-0.15, -0.1) is 12.3 Å². The summed E-state index contributed by atoms with van der Waals surface area (Å²) in [6.45, 7) is 5.07. The Kier molecular flexibility index (Phi) is 2.52. The zero-order valence-electron chi connectivity index (χ0n) is 8.66. The minimum absolute atomic E-state index is 0.0626. The van der Waals surface area contributed by atoms with Crippen molar-refractivity contribution in [2.45, 2.75) is 38.3 Å². The number of hydrogen-bond acceptors (Lipinski definition) is 3. The predicted octanol–water partition coefficient (Wildman–Crippen LogP) is 1.18. The molecular weight excluding hydrogens is 180 g/mol. The van der Waals surface area contributed by atoms with Gasteiger partial charge in [-0.25, -0.2) is 0 Å². The molecule has 0 N–H and O–H groups in total. The molecule has 0 bridgehead atoms. The Morgan fingerprint density at radius 2 is 2.07 bits per heavy atom. The minimum Gasteiger partial charge on any atom is -0.372 e. The molecule has 0 aromatic rings. The zero-order valence-corrected chi connectivity index (χ0v) is 8.66. The molecule has 14 heavy (non-hydrogen) atoms. The third-order valence-electron chi connectivity index (χ3n) is 2.71. The Bertz CT molecular complexity index is 254. The van der Waals surface area contributed by atoms with Gasteiger partial charge in [0.1, 0.15) is 6.10 Å². The summed E-state index contributed by atoms with van der Waals surface area (Å²) < 4.78 is 16.9. The Morgan fingerprint density at radius 1 is 1.29 bits per heavy atom. The normalized spacial score (nSPS) is 41.1. The van der Waals surface area contributed by atoms with Gasteiger partial charge < -0.3 is 14.2 Å². The van der Waals surface area contributed by atoms with Crippen molar-refractivity contribution in [3.8, 4) is 12.3 Å². The lowest BCUT2D eigenvalue weighted by Crippen LogP contribution is -2.53. The van der Waals surface area contributed by atoms with Crippen LogP contribution in [0.2, 0.25) is 0 Å². The van der Waals surface area contributed by atoms with Crippen molar-refractivity contribution in [3.63, 3.8) is 0 Å². The third-order valence-corrected chi connectivity index (χ3v) is 2.71. The van der Waals surface area contributed by atoms with Crippen LogP contribution < -0.4 is 0 Å². The number of fused-ring (bicyclic) bond motifs is 1. The van der Waals surface area contributed by atoms with Gasteiger partial charge >= 0.3 is 0 Å². The van der Waals surface area contributed by atoms with E-state index in [0.29, 0.717) is 13.2 Å². The van der Waals surface area contributed by atoms with Crippen LogP contribution in [0.3, 0.4) is 0 Å². The molecule has 0 spiro atoms. The number of hydrogen-bond donors (Lipinski definition) is 0. The van der Waals surface area contributed by atoms with E-state index in [1.807, 2.05) is 13.8 Å². The first kappa shape index (κ1) is 9.97. The van der Waals surface area contributed by atoms with Gasteiger partial charge in [-0.3, -0.25) is 0 Å². The van der Waals surface area contributed by atoms with Crippen molar-refractivity contribution >= 4 is 0 Å². The summed E-state index contributed by atoms with van der Waals surface area (Å²) in [6.07, 6.45) is 6.41. The van der Waals surface area contributed by atoms with E-state index in [-0.39, 0.29) is 18.1 Å². The van der Waals surface area contributed by atoms with Crippen molar-refractivity contribution in [2.75, 3.05) is 13.2 Å². The number of rotatable bonds is 0. The molecule has 0 unspecified atom stereocenters. The lowest BCUT2D eigenvalue weighted by molar-refractivity contribution is -0.322. The Hall–Kier alpha value is -0.560. The summed E-state index contributed by atoms with van der Waals surface area (Å²) in [6, 6.07) is 0. The molecular formula is C11H16O3. The smallest absolute Gasteiger partial charge is 0.163 e. The highest BCUT2D eigenvalue weighted by Crippen LogP contribution is 2.31. The highest BCUT2D eigenvalue weighted by Gasteiger charge is 2.40. The summed E-state index contributed by atoms with van der Waals surface area (Å²) in [4.78, 5) is 0. The average Bonchev–Trinajstić information content (AvgIpc) is 2.15. The molecule has 2 aliphatic heterocycles. The zero-order chi connectivity index (χ0) is 10.2. The highest BCUT2D eigenvalue weighted by molar-refractivity contribution is 4.98. The minimum atomic E-state index is -0.499. The van der Waals surface area contributed by atoms with Crippen LogP contribution >= 0.6 is 0 Å². The Morgan fingerprint density at radius 3 is 2.79 bits per heavy atom. The van der Waals surface area contributed by atoms with Crippen molar-refractivity contribution in [1.29, 1.82) is 0 Å². The molecule has 0 aromatic heterocycles. The topological polar surface area (TPSA) is 27.7 Å². The second-order valence-corrected chi connectivity index (χ2v) is 4.34. The summed E-state index contributed by atoms with van der Waals surface area (Å²) in [7, 11) is 0. The van der Waals surface area contributed by atoms with E-state index in [4.69, 9.17) is 20.6 Å². The van der Waals surface area contributed by atoms with Gasteiger partial charge in [0.25, 0.3) is 0 Å². The fourth-order valence-electron chi connectivity index (χ4n) is 1.92. The molecule has 2 saturated heterocycles. The molecule has 3 atom stereocenters. The molecule has 0 aliphatic carbocycles. The van der Waals surface area contributed by atoms with Gasteiger partial charge in [0, 0.05) is 5.92 Å². The van der Waals surface area contributed by atoms with E-state index < -0.39 is 5.79 Å². The predicted molar refractivity (Wildman–Crippen MR) is 51.6 cm³/mol. The fourth-order valence-corrected chi connectivity index (χ4v) is 1.92.